The minimum atomic E-state index is -0.323. The first-order valence-electron chi connectivity index (χ1n) is 8.55. The number of halogens is 1. The van der Waals surface area contributed by atoms with Crippen molar-refractivity contribution in [2.24, 2.45) is 0 Å². The van der Waals surface area contributed by atoms with Crippen molar-refractivity contribution < 1.29 is 13.9 Å². The van der Waals surface area contributed by atoms with Gasteiger partial charge in [-0.05, 0) is 49.2 Å². The lowest BCUT2D eigenvalue weighted by atomic mass is 10.2. The number of fused-ring (bicyclic) bond motifs is 1. The third kappa shape index (κ3) is 2.83. The molecule has 1 aliphatic rings. The van der Waals surface area contributed by atoms with Crippen LogP contribution >= 0.6 is 0 Å². The molecule has 0 radical (unpaired) electrons. The lowest BCUT2D eigenvalue weighted by Crippen LogP contribution is -2.29. The van der Waals surface area contributed by atoms with Gasteiger partial charge >= 0.3 is 0 Å². The third-order valence-corrected chi connectivity index (χ3v) is 4.41. The average Bonchev–Trinajstić information content (AvgIpc) is 3.27. The van der Waals surface area contributed by atoms with Gasteiger partial charge in [-0.2, -0.15) is 5.10 Å². The van der Waals surface area contributed by atoms with Gasteiger partial charge in [0.25, 0.3) is 5.91 Å². The van der Waals surface area contributed by atoms with Crippen LogP contribution in [0.1, 0.15) is 23.0 Å². The Morgan fingerprint density at radius 3 is 2.73 bits per heavy atom. The van der Waals surface area contributed by atoms with Crippen LogP contribution in [-0.4, -0.2) is 28.8 Å². The fraction of sp³-hybridized carbons (Fsp3) is 0.200. The summed E-state index contributed by atoms with van der Waals surface area (Å²) in [7, 11) is 0. The van der Waals surface area contributed by atoms with Gasteiger partial charge in [0.2, 0.25) is 0 Å². The van der Waals surface area contributed by atoms with Crippen LogP contribution in [0.25, 0.3) is 5.69 Å². The molecule has 0 unspecified atom stereocenters. The maximum Gasteiger partial charge on any atom is 0.282 e. The molecule has 1 aliphatic heterocycles. The number of hydrogen-bond donors (Lipinski definition) is 0. The van der Waals surface area contributed by atoms with Gasteiger partial charge in [-0.15, -0.1) is 0 Å². The van der Waals surface area contributed by atoms with E-state index in [1.165, 1.54) is 12.1 Å². The second-order valence-corrected chi connectivity index (χ2v) is 6.03. The first kappa shape index (κ1) is 16.3. The van der Waals surface area contributed by atoms with Gasteiger partial charge in [0.15, 0.2) is 11.4 Å². The van der Waals surface area contributed by atoms with Gasteiger partial charge < -0.3 is 9.64 Å². The van der Waals surface area contributed by atoms with Crippen molar-refractivity contribution in [1.29, 1.82) is 0 Å². The van der Waals surface area contributed by atoms with Crippen LogP contribution in [0.4, 0.5) is 10.1 Å². The molecule has 0 atom stereocenters. The number of para-hydroxylation sites is 1. The van der Waals surface area contributed by atoms with Crippen LogP contribution in [0.5, 0.6) is 5.75 Å². The smallest absolute Gasteiger partial charge is 0.282 e. The summed E-state index contributed by atoms with van der Waals surface area (Å²) in [6.07, 6.45) is 2.48. The Balaban J connectivity index is 1.71. The molecule has 132 valence electrons. The minimum Gasteiger partial charge on any atom is -0.490 e. The van der Waals surface area contributed by atoms with E-state index in [0.29, 0.717) is 24.6 Å². The Bertz CT molecular complexity index is 950. The van der Waals surface area contributed by atoms with Crippen molar-refractivity contribution in [2.75, 3.05) is 18.1 Å². The number of carbonyl (C=O) groups is 1. The average molecular weight is 351 g/mol. The van der Waals surface area contributed by atoms with E-state index < -0.39 is 0 Å². The zero-order chi connectivity index (χ0) is 18.1. The van der Waals surface area contributed by atoms with Crippen molar-refractivity contribution in [1.82, 2.24) is 9.78 Å². The number of aromatic nitrogens is 2. The molecule has 0 saturated heterocycles. The number of carbonyl (C=O) groups excluding carboxylic acids is 1. The van der Waals surface area contributed by atoms with Crippen LogP contribution in [0.3, 0.4) is 0 Å². The number of anilines is 1. The molecule has 0 bridgehead atoms. The van der Waals surface area contributed by atoms with Gasteiger partial charge in [-0.3, -0.25) is 4.79 Å². The maximum atomic E-state index is 13.2. The van der Waals surface area contributed by atoms with Crippen molar-refractivity contribution in [2.45, 2.75) is 13.3 Å². The highest BCUT2D eigenvalue weighted by molar-refractivity contribution is 6.07. The normalized spacial score (nSPS) is 12.9. The Kier molecular flexibility index (Phi) is 4.16. The van der Waals surface area contributed by atoms with E-state index in [0.717, 1.165) is 17.7 Å². The van der Waals surface area contributed by atoms with Crippen LogP contribution in [0.15, 0.2) is 54.7 Å². The number of amides is 1. The molecule has 2 heterocycles. The van der Waals surface area contributed by atoms with Gasteiger partial charge in [0.05, 0.1) is 18.5 Å². The summed E-state index contributed by atoms with van der Waals surface area (Å²) in [6, 6.07) is 13.8. The molecule has 2 aromatic carbocycles. The van der Waals surface area contributed by atoms with E-state index in [4.69, 9.17) is 4.74 Å². The predicted molar refractivity (Wildman–Crippen MR) is 96.5 cm³/mol. The summed E-state index contributed by atoms with van der Waals surface area (Å²) in [5.74, 6) is -0.0959. The van der Waals surface area contributed by atoms with Gasteiger partial charge in [-0.1, -0.05) is 18.2 Å². The lowest BCUT2D eigenvalue weighted by molar-refractivity contribution is 0.0980. The van der Waals surface area contributed by atoms with E-state index in [-0.39, 0.29) is 17.4 Å². The molecule has 0 aliphatic carbocycles. The summed E-state index contributed by atoms with van der Waals surface area (Å²) >= 11 is 0. The van der Waals surface area contributed by atoms with E-state index in [1.807, 2.05) is 31.2 Å². The fourth-order valence-electron chi connectivity index (χ4n) is 3.17. The van der Waals surface area contributed by atoms with Crippen molar-refractivity contribution >= 4 is 11.6 Å². The minimum absolute atomic E-state index is 0.195. The molecule has 4 rings (SSSR count). The molecule has 5 nitrogen and oxygen atoms in total. The van der Waals surface area contributed by atoms with Crippen LogP contribution in [-0.2, 0) is 6.42 Å². The largest absolute Gasteiger partial charge is 0.490 e. The van der Waals surface area contributed by atoms with Crippen molar-refractivity contribution in [3.8, 4) is 11.4 Å². The SMILES string of the molecule is CCOc1cn(-c2ccc(F)cc2)nc1C(=O)N1CCc2ccccc21. The summed E-state index contributed by atoms with van der Waals surface area (Å²) in [4.78, 5) is 14.8. The monoisotopic (exact) mass is 351 g/mol. The van der Waals surface area contributed by atoms with Gasteiger partial charge in [0.1, 0.15) is 5.82 Å². The molecule has 0 fully saturated rings. The number of nitrogens with zero attached hydrogens (tertiary/aromatic N) is 3. The fourth-order valence-corrected chi connectivity index (χ4v) is 3.17. The van der Waals surface area contributed by atoms with Crippen molar-refractivity contribution in [3.63, 3.8) is 0 Å². The maximum absolute atomic E-state index is 13.2. The summed E-state index contributed by atoms with van der Waals surface area (Å²) in [6.45, 7) is 2.90. The first-order valence-corrected chi connectivity index (χ1v) is 8.55. The topological polar surface area (TPSA) is 47.4 Å². The number of ether oxygens (including phenoxy) is 1. The molecule has 0 N–H and O–H groups in total. The second kappa shape index (κ2) is 6.63. The third-order valence-electron chi connectivity index (χ3n) is 4.41. The van der Waals surface area contributed by atoms with Crippen LogP contribution < -0.4 is 9.64 Å². The molecule has 6 heteroatoms. The van der Waals surface area contributed by atoms with Gasteiger partial charge in [-0.25, -0.2) is 9.07 Å². The summed E-state index contributed by atoms with van der Waals surface area (Å²) < 4.78 is 20.3. The highest BCUT2D eigenvalue weighted by Crippen LogP contribution is 2.31. The highest BCUT2D eigenvalue weighted by Gasteiger charge is 2.29. The van der Waals surface area contributed by atoms with E-state index in [9.17, 15) is 9.18 Å². The summed E-state index contributed by atoms with van der Waals surface area (Å²) in [5.41, 5.74) is 2.98. The number of hydrogen-bond acceptors (Lipinski definition) is 3. The number of rotatable bonds is 4. The van der Waals surface area contributed by atoms with Gasteiger partial charge in [0, 0.05) is 12.2 Å². The Labute approximate surface area is 150 Å². The zero-order valence-corrected chi connectivity index (χ0v) is 14.4. The molecule has 0 spiro atoms. The molecule has 1 aromatic heterocycles. The van der Waals surface area contributed by atoms with E-state index in [1.54, 1.807) is 27.9 Å². The predicted octanol–water partition coefficient (Wildman–Crippen LogP) is 3.61. The number of benzene rings is 2. The van der Waals surface area contributed by atoms with Crippen molar-refractivity contribution in [3.05, 3.63) is 71.8 Å². The molecular formula is C20H18FN3O2. The molecule has 0 saturated carbocycles. The molecule has 26 heavy (non-hydrogen) atoms. The molecule has 1 amide bonds. The molecular weight excluding hydrogens is 333 g/mol. The highest BCUT2D eigenvalue weighted by atomic mass is 19.1. The Morgan fingerprint density at radius 2 is 1.96 bits per heavy atom. The first-order chi connectivity index (χ1) is 12.7. The zero-order valence-electron chi connectivity index (χ0n) is 14.4. The quantitative estimate of drug-likeness (QED) is 0.721. The van der Waals surface area contributed by atoms with Crippen LogP contribution in [0, 0.1) is 5.82 Å². The Hall–Kier alpha value is -3.15. The lowest BCUT2D eigenvalue weighted by Gasteiger charge is -2.16. The van der Waals surface area contributed by atoms with E-state index >= 15 is 0 Å². The molecule has 3 aromatic rings. The van der Waals surface area contributed by atoms with Crippen LogP contribution in [0.2, 0.25) is 0 Å². The standard InChI is InChI=1S/C20H18FN3O2/c1-2-26-18-13-24(16-9-7-15(21)8-10-16)22-19(18)20(25)23-12-11-14-5-3-4-6-17(14)23/h3-10,13H,2,11-12H2,1H3. The second-order valence-electron chi connectivity index (χ2n) is 6.03. The van der Waals surface area contributed by atoms with E-state index in [2.05, 4.69) is 5.10 Å². The Morgan fingerprint density at radius 1 is 1.19 bits per heavy atom. The summed E-state index contributed by atoms with van der Waals surface area (Å²) in [5, 5.41) is 4.42.